The molecule has 0 aliphatic rings. The van der Waals surface area contributed by atoms with Crippen LogP contribution in [0.4, 0.5) is 0 Å². The lowest BCUT2D eigenvalue weighted by atomic mass is 10.2. The molecule has 70 valence electrons. The Labute approximate surface area is 81.0 Å². The maximum Gasteiger partial charge on any atom is 0.336 e. The van der Waals surface area contributed by atoms with E-state index in [1.165, 1.54) is 6.07 Å². The van der Waals surface area contributed by atoms with Gasteiger partial charge in [-0.2, -0.15) is 0 Å². The van der Waals surface area contributed by atoms with E-state index in [0.717, 1.165) is 11.3 Å². The van der Waals surface area contributed by atoms with Gasteiger partial charge < -0.3 is 4.42 Å². The lowest BCUT2D eigenvalue weighted by Crippen LogP contribution is -1.98. The summed E-state index contributed by atoms with van der Waals surface area (Å²) in [5.41, 5.74) is 1.23. The highest BCUT2D eigenvalue weighted by atomic mass is 16.4. The topological polar surface area (TPSA) is 43.1 Å². The van der Waals surface area contributed by atoms with Gasteiger partial charge in [0.05, 0.1) is 5.69 Å². The van der Waals surface area contributed by atoms with Gasteiger partial charge in [0.15, 0.2) is 0 Å². The standard InChI is InChI=1S/C11H9NO2/c1-8-6-9(7-11(13)14-8)10-4-2-3-5-12-10/h2-7H,1H3. The first kappa shape index (κ1) is 8.69. The van der Waals surface area contributed by atoms with Crippen LogP contribution in [0.15, 0.2) is 45.7 Å². The summed E-state index contributed by atoms with van der Waals surface area (Å²) in [7, 11) is 0. The molecule has 2 rings (SSSR count). The lowest BCUT2D eigenvalue weighted by molar-refractivity contribution is 0.481. The van der Waals surface area contributed by atoms with E-state index < -0.39 is 0 Å². The highest BCUT2D eigenvalue weighted by Crippen LogP contribution is 2.14. The molecule has 0 fully saturated rings. The van der Waals surface area contributed by atoms with Gasteiger partial charge in [-0.25, -0.2) is 4.79 Å². The quantitative estimate of drug-likeness (QED) is 0.685. The van der Waals surface area contributed by atoms with Crippen LogP contribution in [0.25, 0.3) is 11.3 Å². The number of rotatable bonds is 1. The number of pyridine rings is 1. The summed E-state index contributed by atoms with van der Waals surface area (Å²) >= 11 is 0. The summed E-state index contributed by atoms with van der Waals surface area (Å²) in [5, 5.41) is 0. The Morgan fingerprint density at radius 1 is 1.29 bits per heavy atom. The summed E-state index contributed by atoms with van der Waals surface area (Å²) < 4.78 is 4.86. The van der Waals surface area contributed by atoms with Crippen molar-refractivity contribution in [2.24, 2.45) is 0 Å². The predicted octanol–water partition coefficient (Wildman–Crippen LogP) is 2.01. The Balaban J connectivity index is 2.58. The Morgan fingerprint density at radius 3 is 2.79 bits per heavy atom. The number of hydrogen-bond acceptors (Lipinski definition) is 3. The Hall–Kier alpha value is -1.90. The fourth-order valence-electron chi connectivity index (χ4n) is 1.29. The van der Waals surface area contributed by atoms with Crippen molar-refractivity contribution in [1.82, 2.24) is 4.98 Å². The highest BCUT2D eigenvalue weighted by Gasteiger charge is 2.01. The Bertz CT molecular complexity index is 488. The van der Waals surface area contributed by atoms with Crippen LogP contribution >= 0.6 is 0 Å². The van der Waals surface area contributed by atoms with Crippen molar-refractivity contribution in [2.45, 2.75) is 6.92 Å². The third kappa shape index (κ3) is 1.71. The molecule has 0 aliphatic heterocycles. The first-order valence-corrected chi connectivity index (χ1v) is 4.29. The van der Waals surface area contributed by atoms with Gasteiger partial charge in [0.25, 0.3) is 0 Å². The van der Waals surface area contributed by atoms with Crippen LogP contribution in [0.1, 0.15) is 5.76 Å². The molecule has 0 aliphatic carbocycles. The van der Waals surface area contributed by atoms with Crippen molar-refractivity contribution in [3.8, 4) is 11.3 Å². The summed E-state index contributed by atoms with van der Waals surface area (Å²) in [6.45, 7) is 1.74. The van der Waals surface area contributed by atoms with E-state index in [1.54, 1.807) is 19.2 Å². The molecule has 0 radical (unpaired) electrons. The van der Waals surface area contributed by atoms with Crippen LogP contribution in [-0.4, -0.2) is 4.98 Å². The molecule has 0 aromatic carbocycles. The first-order chi connectivity index (χ1) is 6.75. The molecular formula is C11H9NO2. The van der Waals surface area contributed by atoms with E-state index in [4.69, 9.17) is 4.42 Å². The molecule has 3 heteroatoms. The lowest BCUT2D eigenvalue weighted by Gasteiger charge is -1.99. The second kappa shape index (κ2) is 3.46. The largest absolute Gasteiger partial charge is 0.428 e. The molecule has 2 heterocycles. The second-order valence-corrected chi connectivity index (χ2v) is 2.99. The number of aryl methyl sites for hydroxylation is 1. The van der Waals surface area contributed by atoms with Gasteiger partial charge in [0.2, 0.25) is 0 Å². The molecule has 0 bridgehead atoms. The van der Waals surface area contributed by atoms with Gasteiger partial charge in [-0.1, -0.05) is 6.07 Å². The van der Waals surface area contributed by atoms with Crippen LogP contribution in [0.3, 0.4) is 0 Å². The molecule has 2 aromatic rings. The van der Waals surface area contributed by atoms with E-state index in [-0.39, 0.29) is 5.63 Å². The second-order valence-electron chi connectivity index (χ2n) is 2.99. The molecule has 0 saturated heterocycles. The smallest absolute Gasteiger partial charge is 0.336 e. The van der Waals surface area contributed by atoms with E-state index in [1.807, 2.05) is 18.2 Å². The molecular weight excluding hydrogens is 178 g/mol. The van der Waals surface area contributed by atoms with Crippen LogP contribution in [0.5, 0.6) is 0 Å². The fourth-order valence-corrected chi connectivity index (χ4v) is 1.29. The number of hydrogen-bond donors (Lipinski definition) is 0. The minimum atomic E-state index is -0.342. The van der Waals surface area contributed by atoms with Gasteiger partial charge in [-0.15, -0.1) is 0 Å². The normalized spacial score (nSPS) is 10.1. The highest BCUT2D eigenvalue weighted by molar-refractivity contribution is 5.57. The van der Waals surface area contributed by atoms with Crippen LogP contribution in [0, 0.1) is 6.92 Å². The van der Waals surface area contributed by atoms with E-state index in [0.29, 0.717) is 5.76 Å². The van der Waals surface area contributed by atoms with Gasteiger partial charge >= 0.3 is 5.63 Å². The van der Waals surface area contributed by atoms with Crippen LogP contribution in [0.2, 0.25) is 0 Å². The first-order valence-electron chi connectivity index (χ1n) is 4.29. The van der Waals surface area contributed by atoms with E-state index in [9.17, 15) is 4.79 Å². The summed E-state index contributed by atoms with van der Waals surface area (Å²) in [6.07, 6.45) is 1.69. The number of aromatic nitrogens is 1. The monoisotopic (exact) mass is 187 g/mol. The third-order valence-corrected chi connectivity index (χ3v) is 1.85. The molecule has 3 nitrogen and oxygen atoms in total. The minimum absolute atomic E-state index is 0.342. The molecule has 0 atom stereocenters. The van der Waals surface area contributed by atoms with Crippen molar-refractivity contribution < 1.29 is 4.42 Å². The molecule has 0 amide bonds. The van der Waals surface area contributed by atoms with Gasteiger partial charge in [0, 0.05) is 17.8 Å². The van der Waals surface area contributed by atoms with Gasteiger partial charge in [-0.3, -0.25) is 4.98 Å². The molecule has 0 unspecified atom stereocenters. The average Bonchev–Trinajstić information content (AvgIpc) is 2.18. The predicted molar refractivity (Wildman–Crippen MR) is 52.9 cm³/mol. The zero-order chi connectivity index (χ0) is 9.97. The zero-order valence-corrected chi connectivity index (χ0v) is 7.73. The zero-order valence-electron chi connectivity index (χ0n) is 7.73. The average molecular weight is 187 g/mol. The van der Waals surface area contributed by atoms with Crippen LogP contribution in [-0.2, 0) is 0 Å². The summed E-state index contributed by atoms with van der Waals surface area (Å²) in [4.78, 5) is 15.2. The summed E-state index contributed by atoms with van der Waals surface area (Å²) in [6, 6.07) is 8.81. The molecule has 2 aromatic heterocycles. The van der Waals surface area contributed by atoms with Crippen molar-refractivity contribution >= 4 is 0 Å². The SMILES string of the molecule is Cc1cc(-c2ccccn2)cc(=O)o1. The third-order valence-electron chi connectivity index (χ3n) is 1.85. The van der Waals surface area contributed by atoms with Crippen molar-refractivity contribution in [3.05, 3.63) is 52.7 Å². The molecule has 0 spiro atoms. The Kier molecular flexibility index (Phi) is 2.14. The van der Waals surface area contributed by atoms with Gasteiger partial charge in [-0.05, 0) is 25.1 Å². The van der Waals surface area contributed by atoms with E-state index in [2.05, 4.69) is 4.98 Å². The minimum Gasteiger partial charge on any atom is -0.428 e. The summed E-state index contributed by atoms with van der Waals surface area (Å²) in [5.74, 6) is 0.596. The molecule has 14 heavy (non-hydrogen) atoms. The number of nitrogens with zero attached hydrogens (tertiary/aromatic N) is 1. The molecule has 0 N–H and O–H groups in total. The van der Waals surface area contributed by atoms with Crippen molar-refractivity contribution in [3.63, 3.8) is 0 Å². The van der Waals surface area contributed by atoms with Crippen molar-refractivity contribution in [1.29, 1.82) is 0 Å². The van der Waals surface area contributed by atoms with E-state index >= 15 is 0 Å². The fraction of sp³-hybridized carbons (Fsp3) is 0.0909. The maximum atomic E-state index is 11.1. The Morgan fingerprint density at radius 2 is 2.14 bits per heavy atom. The maximum absolute atomic E-state index is 11.1. The van der Waals surface area contributed by atoms with Crippen molar-refractivity contribution in [2.75, 3.05) is 0 Å². The van der Waals surface area contributed by atoms with Gasteiger partial charge in [0.1, 0.15) is 5.76 Å². The molecule has 0 saturated carbocycles. The van der Waals surface area contributed by atoms with Crippen LogP contribution < -0.4 is 5.63 Å².